The van der Waals surface area contributed by atoms with Gasteiger partial charge in [-0.05, 0) is 45.4 Å². The first-order valence-electron chi connectivity index (χ1n) is 9.17. The van der Waals surface area contributed by atoms with E-state index in [1.54, 1.807) is 40.0 Å². The number of carbonyl (C=O) groups is 1. The molecule has 8 nitrogen and oxygen atoms in total. The topological polar surface area (TPSA) is 93.2 Å². The summed E-state index contributed by atoms with van der Waals surface area (Å²) in [7, 11) is 3.09. The number of ether oxygens (including phenoxy) is 3. The Bertz CT molecular complexity index is 685. The molecule has 1 amide bonds. The number of benzene rings is 1. The van der Waals surface area contributed by atoms with Gasteiger partial charge < -0.3 is 30.2 Å². The van der Waals surface area contributed by atoms with Gasteiger partial charge in [0, 0.05) is 32.2 Å². The van der Waals surface area contributed by atoms with Crippen molar-refractivity contribution in [3.8, 4) is 11.5 Å². The summed E-state index contributed by atoms with van der Waals surface area (Å²) >= 11 is 0. The molecule has 0 heterocycles. The van der Waals surface area contributed by atoms with Crippen LogP contribution >= 0.6 is 24.0 Å². The molecule has 0 aliphatic rings. The molecule has 30 heavy (non-hydrogen) atoms. The lowest BCUT2D eigenvalue weighted by molar-refractivity contribution is -0.0505. The van der Waals surface area contributed by atoms with Gasteiger partial charge in [0.2, 0.25) is 0 Å². The average Bonchev–Trinajstić information content (AvgIpc) is 2.63. The maximum absolute atomic E-state index is 12.6. The predicted molar refractivity (Wildman–Crippen MR) is 122 cm³/mol. The first kappa shape index (κ1) is 27.9. The molecule has 0 atom stereocenters. The summed E-state index contributed by atoms with van der Waals surface area (Å²) in [4.78, 5) is 15.6. The van der Waals surface area contributed by atoms with Crippen molar-refractivity contribution in [1.82, 2.24) is 16.0 Å². The average molecular weight is 544 g/mol. The van der Waals surface area contributed by atoms with Crippen LogP contribution in [0, 0.1) is 0 Å². The Kier molecular flexibility index (Phi) is 13.1. The minimum absolute atomic E-state index is 0. The predicted octanol–water partition coefficient (Wildman–Crippen LogP) is 3.49. The molecule has 0 radical (unpaired) electrons. The van der Waals surface area contributed by atoms with Crippen LogP contribution in [0.4, 0.5) is 13.6 Å². The lowest BCUT2D eigenvalue weighted by Gasteiger charge is -2.19. The number of nitrogens with zero attached hydrogens (tertiary/aromatic N) is 1. The Morgan fingerprint density at radius 3 is 2.40 bits per heavy atom. The molecule has 0 bridgehead atoms. The molecule has 1 aromatic carbocycles. The molecule has 11 heteroatoms. The van der Waals surface area contributed by atoms with Gasteiger partial charge in [0.15, 0.2) is 5.96 Å². The maximum atomic E-state index is 12.6. The minimum Gasteiger partial charge on any atom is -0.497 e. The fourth-order valence-corrected chi connectivity index (χ4v) is 2.23. The summed E-state index contributed by atoms with van der Waals surface area (Å²) in [5, 5.41) is 8.77. The van der Waals surface area contributed by atoms with Crippen molar-refractivity contribution in [2.75, 3.05) is 27.2 Å². The van der Waals surface area contributed by atoms with Crippen molar-refractivity contribution in [1.29, 1.82) is 0 Å². The van der Waals surface area contributed by atoms with Crippen molar-refractivity contribution in [3.05, 3.63) is 23.8 Å². The van der Waals surface area contributed by atoms with Crippen LogP contribution in [0.25, 0.3) is 0 Å². The first-order chi connectivity index (χ1) is 13.6. The summed E-state index contributed by atoms with van der Waals surface area (Å²) in [5.41, 5.74) is -0.0411. The van der Waals surface area contributed by atoms with E-state index in [1.165, 1.54) is 13.2 Å². The van der Waals surface area contributed by atoms with Crippen LogP contribution < -0.4 is 25.4 Å². The van der Waals surface area contributed by atoms with Crippen LogP contribution in [0.3, 0.4) is 0 Å². The van der Waals surface area contributed by atoms with Gasteiger partial charge in [0.25, 0.3) is 0 Å². The standard InChI is InChI=1S/C19H30F2N4O4.HI/c1-19(2,3)29-18(26)24-10-6-9-23-17(22-4)25-12-13-11-14(27-5)7-8-15(13)28-16(20)21;/h7-8,11,16H,6,9-10,12H2,1-5H3,(H,24,26)(H2,22,23,25);1H. The Hall–Kier alpha value is -2.05. The van der Waals surface area contributed by atoms with E-state index in [2.05, 4.69) is 25.7 Å². The number of alkyl carbamates (subject to hydrolysis) is 1. The minimum atomic E-state index is -2.92. The molecule has 0 aliphatic heterocycles. The lowest BCUT2D eigenvalue weighted by Crippen LogP contribution is -2.39. The highest BCUT2D eigenvalue weighted by Gasteiger charge is 2.15. The molecule has 0 spiro atoms. The lowest BCUT2D eigenvalue weighted by atomic mass is 10.2. The normalized spacial score (nSPS) is 11.4. The number of amides is 1. The van der Waals surface area contributed by atoms with Gasteiger partial charge >= 0.3 is 12.7 Å². The van der Waals surface area contributed by atoms with E-state index in [1.807, 2.05) is 0 Å². The number of methoxy groups -OCH3 is 1. The van der Waals surface area contributed by atoms with Gasteiger partial charge in [0.05, 0.1) is 7.11 Å². The highest BCUT2D eigenvalue weighted by atomic mass is 127. The van der Waals surface area contributed by atoms with Crippen LogP contribution in [-0.4, -0.2) is 51.5 Å². The van der Waals surface area contributed by atoms with Crippen LogP contribution in [0.15, 0.2) is 23.2 Å². The number of hydrogen-bond acceptors (Lipinski definition) is 5. The monoisotopic (exact) mass is 544 g/mol. The Morgan fingerprint density at radius 2 is 1.83 bits per heavy atom. The van der Waals surface area contributed by atoms with E-state index in [0.29, 0.717) is 36.8 Å². The van der Waals surface area contributed by atoms with Gasteiger partial charge in [-0.15, -0.1) is 24.0 Å². The number of hydrogen-bond donors (Lipinski definition) is 3. The number of carbonyl (C=O) groups excluding carboxylic acids is 1. The number of aliphatic imine (C=N–C) groups is 1. The number of rotatable bonds is 9. The first-order valence-corrected chi connectivity index (χ1v) is 9.17. The fourth-order valence-electron chi connectivity index (χ4n) is 2.23. The van der Waals surface area contributed by atoms with Crippen molar-refractivity contribution >= 4 is 36.0 Å². The second-order valence-electron chi connectivity index (χ2n) is 6.99. The Balaban J connectivity index is 0.00000841. The van der Waals surface area contributed by atoms with Crippen LogP contribution in [-0.2, 0) is 11.3 Å². The summed E-state index contributed by atoms with van der Waals surface area (Å²) in [5.74, 6) is 1.07. The van der Waals surface area contributed by atoms with E-state index in [-0.39, 0.29) is 36.3 Å². The summed E-state index contributed by atoms with van der Waals surface area (Å²) in [6, 6.07) is 4.59. The fraction of sp³-hybridized carbons (Fsp3) is 0.579. The van der Waals surface area contributed by atoms with Crippen LogP contribution in [0.2, 0.25) is 0 Å². The molecule has 3 N–H and O–H groups in total. The molecule has 0 aromatic heterocycles. The molecule has 0 aliphatic carbocycles. The van der Waals surface area contributed by atoms with Crippen LogP contribution in [0.1, 0.15) is 32.8 Å². The summed E-state index contributed by atoms with van der Waals surface area (Å²) < 4.78 is 40.0. The number of halogens is 3. The molecule has 1 rings (SSSR count). The molecule has 0 fully saturated rings. The van der Waals surface area contributed by atoms with Gasteiger partial charge in [-0.1, -0.05) is 0 Å². The maximum Gasteiger partial charge on any atom is 0.407 e. The zero-order valence-electron chi connectivity index (χ0n) is 17.9. The molecule has 172 valence electrons. The molecule has 0 saturated heterocycles. The number of nitrogens with one attached hydrogen (secondary N) is 3. The second kappa shape index (κ2) is 14.0. The zero-order valence-corrected chi connectivity index (χ0v) is 20.2. The SMILES string of the molecule is CN=C(NCCCNC(=O)OC(C)(C)C)NCc1cc(OC)ccc1OC(F)F.I. The molecule has 0 saturated carbocycles. The van der Waals surface area contributed by atoms with Crippen molar-refractivity contribution in [2.24, 2.45) is 4.99 Å². The number of guanidine groups is 1. The molecular weight excluding hydrogens is 513 g/mol. The third kappa shape index (κ3) is 11.8. The Morgan fingerprint density at radius 1 is 1.17 bits per heavy atom. The largest absolute Gasteiger partial charge is 0.497 e. The summed E-state index contributed by atoms with van der Waals surface area (Å²) in [6.45, 7) is 3.64. The highest BCUT2D eigenvalue weighted by molar-refractivity contribution is 14.0. The summed E-state index contributed by atoms with van der Waals surface area (Å²) in [6.07, 6.45) is 0.170. The van der Waals surface area contributed by atoms with E-state index in [9.17, 15) is 13.6 Å². The number of alkyl halides is 2. The molecular formula is C19H31F2IN4O4. The van der Waals surface area contributed by atoms with Crippen molar-refractivity contribution in [2.45, 2.75) is 45.9 Å². The third-order valence-corrected chi connectivity index (χ3v) is 3.47. The van der Waals surface area contributed by atoms with E-state index in [0.717, 1.165) is 0 Å². The van der Waals surface area contributed by atoms with Gasteiger partial charge in [-0.25, -0.2) is 4.79 Å². The zero-order chi connectivity index (χ0) is 21.9. The molecule has 0 unspecified atom stereocenters. The van der Waals surface area contributed by atoms with E-state index in [4.69, 9.17) is 9.47 Å². The van der Waals surface area contributed by atoms with Gasteiger partial charge in [-0.3, -0.25) is 4.99 Å². The molecule has 1 aromatic rings. The quantitative estimate of drug-likeness (QED) is 0.191. The van der Waals surface area contributed by atoms with Gasteiger partial charge in [-0.2, -0.15) is 8.78 Å². The van der Waals surface area contributed by atoms with Crippen LogP contribution in [0.5, 0.6) is 11.5 Å². The third-order valence-electron chi connectivity index (χ3n) is 3.47. The Labute approximate surface area is 193 Å². The smallest absolute Gasteiger partial charge is 0.407 e. The van der Waals surface area contributed by atoms with E-state index < -0.39 is 18.3 Å². The second-order valence-corrected chi connectivity index (χ2v) is 6.99. The highest BCUT2D eigenvalue weighted by Crippen LogP contribution is 2.25. The van der Waals surface area contributed by atoms with Crippen molar-refractivity contribution in [3.63, 3.8) is 0 Å². The van der Waals surface area contributed by atoms with E-state index >= 15 is 0 Å². The van der Waals surface area contributed by atoms with Crippen molar-refractivity contribution < 1.29 is 27.8 Å². The van der Waals surface area contributed by atoms with Gasteiger partial charge in [0.1, 0.15) is 17.1 Å².